The first-order valence-electron chi connectivity index (χ1n) is 5.18. The standard InChI is InChI=1S/C12H15IS/c1-9-6-10(13)8-12(7-9)14-11-4-2-3-5-11/h6-8,11H,2-5H2,1H3. The molecule has 0 bridgehead atoms. The molecule has 0 aliphatic heterocycles. The Bertz CT molecular complexity index is 296. The number of hydrogen-bond donors (Lipinski definition) is 0. The van der Waals surface area contributed by atoms with E-state index in [0.717, 1.165) is 5.25 Å². The van der Waals surface area contributed by atoms with E-state index in [2.05, 4.69) is 59.5 Å². The second-order valence-corrected chi connectivity index (χ2v) is 6.61. The van der Waals surface area contributed by atoms with Crippen molar-refractivity contribution in [3.05, 3.63) is 27.3 Å². The van der Waals surface area contributed by atoms with Crippen molar-refractivity contribution in [1.29, 1.82) is 0 Å². The first-order valence-corrected chi connectivity index (χ1v) is 7.14. The van der Waals surface area contributed by atoms with E-state index < -0.39 is 0 Å². The Morgan fingerprint density at radius 1 is 1.21 bits per heavy atom. The third-order valence-electron chi connectivity index (χ3n) is 2.62. The summed E-state index contributed by atoms with van der Waals surface area (Å²) >= 11 is 4.48. The molecule has 0 radical (unpaired) electrons. The number of halogens is 1. The molecule has 0 atom stereocenters. The summed E-state index contributed by atoms with van der Waals surface area (Å²) in [5.41, 5.74) is 1.39. The second kappa shape index (κ2) is 4.88. The van der Waals surface area contributed by atoms with Crippen LogP contribution in [0, 0.1) is 10.5 Å². The van der Waals surface area contributed by atoms with Crippen LogP contribution in [-0.2, 0) is 0 Å². The smallest absolute Gasteiger partial charge is 0.0144 e. The summed E-state index contributed by atoms with van der Waals surface area (Å²) in [6, 6.07) is 6.85. The fourth-order valence-electron chi connectivity index (χ4n) is 1.97. The van der Waals surface area contributed by atoms with Crippen molar-refractivity contribution in [1.82, 2.24) is 0 Å². The van der Waals surface area contributed by atoms with Crippen molar-refractivity contribution in [3.63, 3.8) is 0 Å². The molecule has 1 saturated carbocycles. The Hall–Kier alpha value is 0.300. The number of benzene rings is 1. The summed E-state index contributed by atoms with van der Waals surface area (Å²) in [6.45, 7) is 2.18. The molecule has 1 aromatic carbocycles. The molecule has 1 aromatic rings. The lowest BCUT2D eigenvalue weighted by Crippen LogP contribution is -1.93. The molecule has 2 heteroatoms. The average Bonchev–Trinajstić information content (AvgIpc) is 2.54. The van der Waals surface area contributed by atoms with E-state index >= 15 is 0 Å². The lowest BCUT2D eigenvalue weighted by atomic mass is 10.2. The minimum absolute atomic E-state index is 0.882. The van der Waals surface area contributed by atoms with Crippen LogP contribution >= 0.6 is 34.4 Å². The molecule has 0 spiro atoms. The first-order chi connectivity index (χ1) is 6.74. The summed E-state index contributed by atoms with van der Waals surface area (Å²) < 4.78 is 1.36. The molecule has 76 valence electrons. The molecule has 0 amide bonds. The van der Waals surface area contributed by atoms with Gasteiger partial charge in [0.25, 0.3) is 0 Å². The van der Waals surface area contributed by atoms with Gasteiger partial charge in [-0.05, 0) is 66.1 Å². The van der Waals surface area contributed by atoms with E-state index in [-0.39, 0.29) is 0 Å². The fourth-order valence-corrected chi connectivity index (χ4v) is 4.41. The van der Waals surface area contributed by atoms with Gasteiger partial charge in [0.15, 0.2) is 0 Å². The minimum Gasteiger partial charge on any atom is -0.123 e. The molecule has 0 nitrogen and oxygen atoms in total. The van der Waals surface area contributed by atoms with E-state index in [0.29, 0.717) is 0 Å². The molecule has 1 aliphatic rings. The molecular weight excluding hydrogens is 303 g/mol. The SMILES string of the molecule is Cc1cc(I)cc(SC2CCCC2)c1. The molecule has 0 unspecified atom stereocenters. The third-order valence-corrected chi connectivity index (χ3v) is 4.56. The molecule has 0 aromatic heterocycles. The van der Waals surface area contributed by atoms with E-state index in [4.69, 9.17) is 0 Å². The van der Waals surface area contributed by atoms with E-state index in [1.54, 1.807) is 0 Å². The predicted molar refractivity (Wildman–Crippen MR) is 72.0 cm³/mol. The molecule has 14 heavy (non-hydrogen) atoms. The highest BCUT2D eigenvalue weighted by Crippen LogP contribution is 2.35. The number of rotatable bonds is 2. The van der Waals surface area contributed by atoms with Crippen LogP contribution in [0.2, 0.25) is 0 Å². The van der Waals surface area contributed by atoms with Gasteiger partial charge >= 0.3 is 0 Å². The van der Waals surface area contributed by atoms with Gasteiger partial charge in [-0.25, -0.2) is 0 Å². The van der Waals surface area contributed by atoms with Gasteiger partial charge in [-0.3, -0.25) is 0 Å². The maximum atomic E-state index is 2.40. The molecule has 2 rings (SSSR count). The van der Waals surface area contributed by atoms with E-state index in [1.807, 2.05) is 0 Å². The average molecular weight is 318 g/mol. The van der Waals surface area contributed by atoms with Gasteiger partial charge in [0, 0.05) is 13.7 Å². The summed E-state index contributed by atoms with van der Waals surface area (Å²) in [5, 5.41) is 0.882. The maximum Gasteiger partial charge on any atom is 0.0144 e. The molecule has 0 N–H and O–H groups in total. The molecule has 0 heterocycles. The van der Waals surface area contributed by atoms with Crippen molar-refractivity contribution in [2.45, 2.75) is 42.8 Å². The monoisotopic (exact) mass is 318 g/mol. The van der Waals surface area contributed by atoms with Gasteiger partial charge in [0.2, 0.25) is 0 Å². The van der Waals surface area contributed by atoms with Crippen molar-refractivity contribution < 1.29 is 0 Å². The van der Waals surface area contributed by atoms with E-state index in [9.17, 15) is 0 Å². The van der Waals surface area contributed by atoms with Gasteiger partial charge in [-0.1, -0.05) is 12.8 Å². The number of hydrogen-bond acceptors (Lipinski definition) is 1. The van der Waals surface area contributed by atoms with Gasteiger partial charge in [-0.15, -0.1) is 11.8 Å². The molecule has 1 fully saturated rings. The van der Waals surface area contributed by atoms with Crippen LogP contribution in [0.5, 0.6) is 0 Å². The zero-order valence-corrected chi connectivity index (χ0v) is 11.4. The Kier molecular flexibility index (Phi) is 3.77. The van der Waals surface area contributed by atoms with Gasteiger partial charge in [-0.2, -0.15) is 0 Å². The zero-order valence-electron chi connectivity index (χ0n) is 8.42. The highest BCUT2D eigenvalue weighted by atomic mass is 127. The maximum absolute atomic E-state index is 2.40. The Morgan fingerprint density at radius 2 is 1.93 bits per heavy atom. The van der Waals surface area contributed by atoms with Crippen molar-refractivity contribution in [2.75, 3.05) is 0 Å². The Labute approximate surface area is 104 Å². The highest BCUT2D eigenvalue weighted by molar-refractivity contribution is 14.1. The van der Waals surface area contributed by atoms with Crippen LogP contribution in [0.25, 0.3) is 0 Å². The van der Waals surface area contributed by atoms with Crippen LogP contribution in [0.3, 0.4) is 0 Å². The topological polar surface area (TPSA) is 0 Å². The first kappa shape index (κ1) is 10.8. The summed E-state index contributed by atoms with van der Waals surface area (Å²) in [5.74, 6) is 0. The van der Waals surface area contributed by atoms with Crippen molar-refractivity contribution in [2.24, 2.45) is 0 Å². The second-order valence-electron chi connectivity index (χ2n) is 3.99. The molecule has 1 aliphatic carbocycles. The lowest BCUT2D eigenvalue weighted by Gasteiger charge is -2.09. The predicted octanol–water partition coefficient (Wildman–Crippen LogP) is 4.63. The van der Waals surface area contributed by atoms with Gasteiger partial charge in [0.1, 0.15) is 0 Å². The van der Waals surface area contributed by atoms with Crippen LogP contribution in [0.4, 0.5) is 0 Å². The summed E-state index contributed by atoms with van der Waals surface area (Å²) in [4.78, 5) is 1.46. The zero-order chi connectivity index (χ0) is 9.97. The molecular formula is C12H15IS. The third kappa shape index (κ3) is 2.89. The van der Waals surface area contributed by atoms with Crippen LogP contribution in [0.1, 0.15) is 31.2 Å². The van der Waals surface area contributed by atoms with Gasteiger partial charge in [0.05, 0.1) is 0 Å². The highest BCUT2D eigenvalue weighted by Gasteiger charge is 2.16. The van der Waals surface area contributed by atoms with Crippen LogP contribution in [-0.4, -0.2) is 5.25 Å². The minimum atomic E-state index is 0.882. The lowest BCUT2D eigenvalue weighted by molar-refractivity contribution is 0.886. The Balaban J connectivity index is 2.07. The number of aryl methyl sites for hydroxylation is 1. The normalized spacial score (nSPS) is 17.6. The van der Waals surface area contributed by atoms with Gasteiger partial charge < -0.3 is 0 Å². The van der Waals surface area contributed by atoms with Crippen LogP contribution in [0.15, 0.2) is 23.1 Å². The van der Waals surface area contributed by atoms with E-state index in [1.165, 1.54) is 39.7 Å². The van der Waals surface area contributed by atoms with Crippen molar-refractivity contribution >= 4 is 34.4 Å². The largest absolute Gasteiger partial charge is 0.123 e. The number of thioether (sulfide) groups is 1. The fraction of sp³-hybridized carbons (Fsp3) is 0.500. The summed E-state index contributed by atoms with van der Waals surface area (Å²) in [7, 11) is 0. The molecule has 0 saturated heterocycles. The Morgan fingerprint density at radius 3 is 2.57 bits per heavy atom. The van der Waals surface area contributed by atoms with Crippen LogP contribution < -0.4 is 0 Å². The quantitative estimate of drug-likeness (QED) is 0.716. The van der Waals surface area contributed by atoms with Crippen molar-refractivity contribution in [3.8, 4) is 0 Å². The summed E-state index contributed by atoms with van der Waals surface area (Å²) in [6.07, 6.45) is 5.69.